The summed E-state index contributed by atoms with van der Waals surface area (Å²) in [5.41, 5.74) is 5.61. The first-order valence-electron chi connectivity index (χ1n) is 8.49. The molecule has 0 atom stereocenters. The number of nitrogens with one attached hydrogen (secondary N) is 2. The maximum absolute atomic E-state index is 12.9. The first-order chi connectivity index (χ1) is 14.0. The van der Waals surface area contributed by atoms with Gasteiger partial charge in [-0.2, -0.15) is 13.2 Å². The van der Waals surface area contributed by atoms with Gasteiger partial charge in [0.2, 0.25) is 0 Å². The fourth-order valence-corrected chi connectivity index (χ4v) is 3.56. The van der Waals surface area contributed by atoms with Crippen LogP contribution in [0.25, 0.3) is 0 Å². The van der Waals surface area contributed by atoms with Crippen LogP contribution in [0.4, 0.5) is 34.9 Å². The summed E-state index contributed by atoms with van der Waals surface area (Å²) in [4.78, 5) is 3.69. The number of nitrogens with zero attached hydrogens (tertiary/aromatic N) is 1. The van der Waals surface area contributed by atoms with Crippen molar-refractivity contribution < 1.29 is 26.0 Å². The van der Waals surface area contributed by atoms with Gasteiger partial charge < -0.3 is 11.1 Å². The lowest BCUT2D eigenvalue weighted by Crippen LogP contribution is -2.15. The fraction of sp³-hybridized carbons (Fsp3) is 0.105. The molecule has 2 aromatic carbocycles. The Morgan fingerprint density at radius 1 is 0.933 bits per heavy atom. The van der Waals surface area contributed by atoms with E-state index >= 15 is 0 Å². The Morgan fingerprint density at radius 2 is 1.57 bits per heavy atom. The topological polar surface area (TPSA) is 97.1 Å². The minimum atomic E-state index is -4.57. The van der Waals surface area contributed by atoms with Crippen LogP contribution < -0.4 is 15.8 Å². The fourth-order valence-electron chi connectivity index (χ4n) is 2.48. The zero-order valence-corrected chi connectivity index (χ0v) is 16.1. The van der Waals surface area contributed by atoms with Gasteiger partial charge in [0.05, 0.1) is 16.1 Å². The molecule has 0 aliphatic rings. The van der Waals surface area contributed by atoms with Gasteiger partial charge in [0.25, 0.3) is 10.0 Å². The van der Waals surface area contributed by atoms with Crippen molar-refractivity contribution in [1.82, 2.24) is 4.98 Å². The largest absolute Gasteiger partial charge is 0.416 e. The second-order valence-corrected chi connectivity index (χ2v) is 7.92. The van der Waals surface area contributed by atoms with Crippen LogP contribution in [0.5, 0.6) is 0 Å². The number of sulfonamides is 1. The SMILES string of the molecule is Nc1nc(NCc2ccc(F)cc2)ccc1NS(=O)(=O)c1ccc(C(F)(F)F)cc1. The van der Waals surface area contributed by atoms with E-state index < -0.39 is 21.8 Å². The van der Waals surface area contributed by atoms with Crippen molar-refractivity contribution in [2.24, 2.45) is 0 Å². The Kier molecular flexibility index (Phi) is 5.83. The third-order valence-corrected chi connectivity index (χ3v) is 5.43. The smallest absolute Gasteiger partial charge is 0.382 e. The highest BCUT2D eigenvalue weighted by atomic mass is 32.2. The highest BCUT2D eigenvalue weighted by Gasteiger charge is 2.30. The summed E-state index contributed by atoms with van der Waals surface area (Å²) in [5, 5.41) is 2.97. The molecule has 158 valence electrons. The molecule has 0 aliphatic carbocycles. The molecule has 3 rings (SSSR count). The predicted octanol–water partition coefficient (Wildman–Crippen LogP) is 4.23. The summed E-state index contributed by atoms with van der Waals surface area (Å²) in [6.45, 7) is 0.337. The second-order valence-electron chi connectivity index (χ2n) is 6.24. The van der Waals surface area contributed by atoms with E-state index in [2.05, 4.69) is 15.0 Å². The molecule has 0 bridgehead atoms. The molecule has 4 N–H and O–H groups in total. The van der Waals surface area contributed by atoms with E-state index in [0.29, 0.717) is 24.5 Å². The number of benzene rings is 2. The van der Waals surface area contributed by atoms with E-state index in [0.717, 1.165) is 17.7 Å². The molecule has 0 radical (unpaired) electrons. The first-order valence-corrected chi connectivity index (χ1v) is 9.98. The summed E-state index contributed by atoms with van der Waals surface area (Å²) >= 11 is 0. The average Bonchev–Trinajstić information content (AvgIpc) is 2.69. The standard InChI is InChI=1S/C19H16F4N4O2S/c20-14-5-1-12(2-6-14)11-25-17-10-9-16(18(24)26-17)27-30(28,29)15-7-3-13(4-8-15)19(21,22)23/h1-10,27H,11H2,(H3,24,25,26). The number of anilines is 3. The number of nitrogens with two attached hydrogens (primary N) is 1. The molecule has 0 spiro atoms. The summed E-state index contributed by atoms with van der Waals surface area (Å²) in [7, 11) is -4.16. The van der Waals surface area contributed by atoms with Gasteiger partial charge >= 0.3 is 6.18 Å². The van der Waals surface area contributed by atoms with E-state index in [4.69, 9.17) is 5.73 Å². The zero-order valence-electron chi connectivity index (χ0n) is 15.2. The van der Waals surface area contributed by atoms with Gasteiger partial charge in [-0.15, -0.1) is 0 Å². The number of aromatic nitrogens is 1. The van der Waals surface area contributed by atoms with Crippen molar-refractivity contribution in [2.45, 2.75) is 17.6 Å². The highest BCUT2D eigenvalue weighted by molar-refractivity contribution is 7.92. The van der Waals surface area contributed by atoms with Crippen molar-refractivity contribution in [3.8, 4) is 0 Å². The van der Waals surface area contributed by atoms with Gasteiger partial charge in [-0.3, -0.25) is 4.72 Å². The van der Waals surface area contributed by atoms with Gasteiger partial charge in [-0.25, -0.2) is 17.8 Å². The maximum Gasteiger partial charge on any atom is 0.416 e. The Hall–Kier alpha value is -3.34. The number of rotatable bonds is 6. The monoisotopic (exact) mass is 440 g/mol. The van der Waals surface area contributed by atoms with Crippen LogP contribution in [0, 0.1) is 5.82 Å². The Morgan fingerprint density at radius 3 is 2.13 bits per heavy atom. The van der Waals surface area contributed by atoms with E-state index in [1.54, 1.807) is 12.1 Å². The molecule has 0 fully saturated rings. The molecule has 1 heterocycles. The summed E-state index contributed by atoms with van der Waals surface area (Å²) in [6.07, 6.45) is -4.57. The lowest BCUT2D eigenvalue weighted by Gasteiger charge is -2.13. The van der Waals surface area contributed by atoms with Crippen LogP contribution in [0.15, 0.2) is 65.6 Å². The summed E-state index contributed by atoms with van der Waals surface area (Å²) < 4.78 is 77.8. The van der Waals surface area contributed by atoms with E-state index in [1.807, 2.05) is 0 Å². The van der Waals surface area contributed by atoms with Gasteiger partial charge in [-0.1, -0.05) is 12.1 Å². The van der Waals surface area contributed by atoms with Crippen LogP contribution in [0.3, 0.4) is 0 Å². The Balaban J connectivity index is 1.70. The lowest BCUT2D eigenvalue weighted by atomic mass is 10.2. The number of hydrogen-bond acceptors (Lipinski definition) is 5. The first kappa shape index (κ1) is 21.4. The minimum Gasteiger partial charge on any atom is -0.382 e. The van der Waals surface area contributed by atoms with Crippen molar-refractivity contribution in [3.05, 3.63) is 77.6 Å². The van der Waals surface area contributed by atoms with Gasteiger partial charge in [0.1, 0.15) is 17.5 Å². The summed E-state index contributed by atoms with van der Waals surface area (Å²) in [5.74, 6) is -0.130. The van der Waals surface area contributed by atoms with E-state index in [1.165, 1.54) is 24.3 Å². The van der Waals surface area contributed by atoms with Crippen LogP contribution >= 0.6 is 0 Å². The van der Waals surface area contributed by atoms with Crippen molar-refractivity contribution in [2.75, 3.05) is 15.8 Å². The molecule has 0 amide bonds. The molecule has 0 saturated carbocycles. The quantitative estimate of drug-likeness (QED) is 0.499. The van der Waals surface area contributed by atoms with Crippen molar-refractivity contribution in [1.29, 1.82) is 0 Å². The Labute approximate surface area is 169 Å². The molecular formula is C19H16F4N4O2S. The number of hydrogen-bond donors (Lipinski definition) is 3. The summed E-state index contributed by atoms with van der Waals surface area (Å²) in [6, 6.07) is 11.7. The highest BCUT2D eigenvalue weighted by Crippen LogP contribution is 2.30. The molecular weight excluding hydrogens is 424 g/mol. The van der Waals surface area contributed by atoms with Crippen LogP contribution in [-0.2, 0) is 22.7 Å². The third kappa shape index (κ3) is 5.17. The molecule has 11 heteroatoms. The molecule has 30 heavy (non-hydrogen) atoms. The van der Waals surface area contributed by atoms with Crippen molar-refractivity contribution in [3.63, 3.8) is 0 Å². The number of pyridine rings is 1. The molecule has 0 unspecified atom stereocenters. The normalized spacial score (nSPS) is 11.9. The Bertz CT molecular complexity index is 1130. The van der Waals surface area contributed by atoms with Gasteiger partial charge in [0, 0.05) is 6.54 Å². The van der Waals surface area contributed by atoms with E-state index in [9.17, 15) is 26.0 Å². The molecule has 0 saturated heterocycles. The molecule has 1 aromatic heterocycles. The number of halogens is 4. The van der Waals surface area contributed by atoms with Crippen LogP contribution in [-0.4, -0.2) is 13.4 Å². The van der Waals surface area contributed by atoms with Gasteiger partial charge in [0.15, 0.2) is 0 Å². The third-order valence-electron chi connectivity index (χ3n) is 4.05. The van der Waals surface area contributed by atoms with E-state index in [-0.39, 0.29) is 22.2 Å². The second kappa shape index (κ2) is 8.19. The van der Waals surface area contributed by atoms with Crippen LogP contribution in [0.2, 0.25) is 0 Å². The van der Waals surface area contributed by atoms with Crippen molar-refractivity contribution >= 4 is 27.3 Å². The number of nitrogen functional groups attached to an aromatic ring is 1. The zero-order chi connectivity index (χ0) is 21.9. The maximum atomic E-state index is 12.9. The number of alkyl halides is 3. The average molecular weight is 440 g/mol. The molecule has 0 aliphatic heterocycles. The minimum absolute atomic E-state index is 0.0257. The van der Waals surface area contributed by atoms with Crippen LogP contribution in [0.1, 0.15) is 11.1 Å². The molecule has 6 nitrogen and oxygen atoms in total. The molecule has 3 aromatic rings. The lowest BCUT2D eigenvalue weighted by molar-refractivity contribution is -0.137. The van der Waals surface area contributed by atoms with Gasteiger partial charge in [-0.05, 0) is 54.1 Å². The predicted molar refractivity (Wildman–Crippen MR) is 105 cm³/mol.